The minimum Gasteiger partial charge on any atom is -0.497 e. The molecule has 1 aliphatic rings. The van der Waals surface area contributed by atoms with Crippen molar-refractivity contribution in [1.82, 2.24) is 10.9 Å². The molecular formula is C22H25N3O5S. The Morgan fingerprint density at radius 1 is 1.10 bits per heavy atom. The third-order valence-electron chi connectivity index (χ3n) is 4.89. The van der Waals surface area contributed by atoms with Gasteiger partial charge in [0.15, 0.2) is 0 Å². The highest BCUT2D eigenvalue weighted by atomic mass is 32.2. The molecule has 0 aliphatic carbocycles. The first kappa shape index (κ1) is 22.5. The molecule has 2 aromatic rings. The highest BCUT2D eigenvalue weighted by Crippen LogP contribution is 2.35. The summed E-state index contributed by atoms with van der Waals surface area (Å²) in [4.78, 5) is 39.5. The van der Waals surface area contributed by atoms with E-state index in [2.05, 4.69) is 10.9 Å². The van der Waals surface area contributed by atoms with Gasteiger partial charge >= 0.3 is 0 Å². The lowest BCUT2D eigenvalue weighted by Crippen LogP contribution is -2.45. The standard InChI is InChI=1S/C22H25N3O5S/c1-14-4-7-17(8-5-14)31-13-20(26)23-24-22(28)15-10-21(27)25(12-15)18-9-6-16(29-2)11-19(18)30-3/h4-9,11,15H,10,12-13H2,1-3H3,(H,23,26)(H,24,28). The number of rotatable bonds is 7. The van der Waals surface area contributed by atoms with Crippen LogP contribution in [0.1, 0.15) is 12.0 Å². The summed E-state index contributed by atoms with van der Waals surface area (Å²) in [6, 6.07) is 13.0. The van der Waals surface area contributed by atoms with Crippen molar-refractivity contribution in [2.24, 2.45) is 5.92 Å². The van der Waals surface area contributed by atoms with E-state index >= 15 is 0 Å². The zero-order valence-electron chi connectivity index (χ0n) is 17.6. The third-order valence-corrected chi connectivity index (χ3v) is 5.90. The molecule has 1 aliphatic heterocycles. The van der Waals surface area contributed by atoms with E-state index in [1.54, 1.807) is 25.3 Å². The van der Waals surface area contributed by atoms with Crippen molar-refractivity contribution in [3.05, 3.63) is 48.0 Å². The lowest BCUT2D eigenvalue weighted by Gasteiger charge is -2.20. The fourth-order valence-corrected chi connectivity index (χ4v) is 3.88. The molecule has 8 nitrogen and oxygen atoms in total. The SMILES string of the molecule is COc1ccc(N2CC(C(=O)NNC(=O)CSc3ccc(C)cc3)CC2=O)c(OC)c1. The number of anilines is 1. The van der Waals surface area contributed by atoms with Crippen LogP contribution in [-0.4, -0.2) is 44.2 Å². The van der Waals surface area contributed by atoms with Crippen molar-refractivity contribution in [3.63, 3.8) is 0 Å². The van der Waals surface area contributed by atoms with Gasteiger partial charge in [0.05, 0.1) is 31.6 Å². The average molecular weight is 444 g/mol. The molecule has 1 unspecified atom stereocenters. The van der Waals surface area contributed by atoms with Crippen LogP contribution in [0.5, 0.6) is 11.5 Å². The first-order valence-corrected chi connectivity index (χ1v) is 10.7. The number of nitrogens with zero attached hydrogens (tertiary/aromatic N) is 1. The van der Waals surface area contributed by atoms with E-state index in [0.29, 0.717) is 17.2 Å². The third kappa shape index (κ3) is 5.69. The molecule has 1 heterocycles. The summed E-state index contributed by atoms with van der Waals surface area (Å²) < 4.78 is 10.5. The summed E-state index contributed by atoms with van der Waals surface area (Å²) in [6.07, 6.45) is 0.0506. The number of hydrazine groups is 1. The Kier molecular flexibility index (Phi) is 7.41. The Morgan fingerprint density at radius 2 is 1.84 bits per heavy atom. The summed E-state index contributed by atoms with van der Waals surface area (Å²) in [6.45, 7) is 2.19. The molecule has 0 bridgehead atoms. The number of ether oxygens (including phenoxy) is 2. The van der Waals surface area contributed by atoms with Gasteiger partial charge in [0.25, 0.3) is 0 Å². The summed E-state index contributed by atoms with van der Waals surface area (Å²) in [7, 11) is 3.05. The van der Waals surface area contributed by atoms with Gasteiger partial charge < -0.3 is 14.4 Å². The zero-order chi connectivity index (χ0) is 22.4. The number of amides is 3. The molecule has 31 heavy (non-hydrogen) atoms. The van der Waals surface area contributed by atoms with Crippen LogP contribution in [0.3, 0.4) is 0 Å². The van der Waals surface area contributed by atoms with E-state index in [1.165, 1.54) is 23.8 Å². The van der Waals surface area contributed by atoms with Crippen LogP contribution >= 0.6 is 11.8 Å². The normalized spacial score (nSPS) is 15.5. The fourth-order valence-electron chi connectivity index (χ4n) is 3.18. The first-order chi connectivity index (χ1) is 14.9. The van der Waals surface area contributed by atoms with Gasteiger partial charge in [-0.25, -0.2) is 0 Å². The highest BCUT2D eigenvalue weighted by molar-refractivity contribution is 8.00. The number of hydrogen-bond donors (Lipinski definition) is 2. The van der Waals surface area contributed by atoms with Crippen LogP contribution in [0.4, 0.5) is 5.69 Å². The smallest absolute Gasteiger partial charge is 0.248 e. The van der Waals surface area contributed by atoms with Crippen LogP contribution in [0.15, 0.2) is 47.4 Å². The summed E-state index contributed by atoms with van der Waals surface area (Å²) in [5, 5.41) is 0. The summed E-state index contributed by atoms with van der Waals surface area (Å²) in [5.41, 5.74) is 6.56. The molecule has 2 aromatic carbocycles. The fraction of sp³-hybridized carbons (Fsp3) is 0.318. The predicted octanol–water partition coefficient (Wildman–Crippen LogP) is 2.30. The molecule has 0 radical (unpaired) electrons. The Bertz CT molecular complexity index is 964. The zero-order valence-corrected chi connectivity index (χ0v) is 18.5. The Balaban J connectivity index is 1.52. The molecule has 1 atom stereocenters. The van der Waals surface area contributed by atoms with Crippen molar-refractivity contribution in [2.75, 3.05) is 31.4 Å². The van der Waals surface area contributed by atoms with Crippen LogP contribution in [0.2, 0.25) is 0 Å². The maximum atomic E-state index is 12.5. The molecule has 9 heteroatoms. The Labute approximate surface area is 185 Å². The van der Waals surface area contributed by atoms with E-state index in [9.17, 15) is 14.4 Å². The molecule has 3 rings (SSSR count). The molecule has 164 valence electrons. The Morgan fingerprint density at radius 3 is 2.52 bits per heavy atom. The number of nitrogens with one attached hydrogen (secondary N) is 2. The minimum atomic E-state index is -0.579. The predicted molar refractivity (Wildman–Crippen MR) is 118 cm³/mol. The lowest BCUT2D eigenvalue weighted by atomic mass is 10.1. The van der Waals surface area contributed by atoms with Gasteiger partial charge in [0, 0.05) is 23.9 Å². The van der Waals surface area contributed by atoms with Crippen LogP contribution in [-0.2, 0) is 14.4 Å². The molecule has 1 saturated heterocycles. The second kappa shape index (κ2) is 10.2. The minimum absolute atomic E-state index is 0.0506. The van der Waals surface area contributed by atoms with E-state index in [0.717, 1.165) is 10.5 Å². The van der Waals surface area contributed by atoms with Gasteiger partial charge in [-0.3, -0.25) is 25.2 Å². The number of benzene rings is 2. The molecule has 0 aromatic heterocycles. The first-order valence-electron chi connectivity index (χ1n) is 9.72. The number of carbonyl (C=O) groups excluding carboxylic acids is 3. The van der Waals surface area contributed by atoms with Gasteiger partial charge in [0.2, 0.25) is 17.7 Å². The lowest BCUT2D eigenvalue weighted by molar-refractivity contribution is -0.130. The van der Waals surface area contributed by atoms with Crippen molar-refractivity contribution in [3.8, 4) is 11.5 Å². The van der Waals surface area contributed by atoms with Crippen molar-refractivity contribution >= 4 is 35.2 Å². The van der Waals surface area contributed by atoms with E-state index < -0.39 is 11.8 Å². The monoisotopic (exact) mass is 443 g/mol. The maximum absolute atomic E-state index is 12.5. The van der Waals surface area contributed by atoms with Crippen molar-refractivity contribution < 1.29 is 23.9 Å². The quantitative estimate of drug-likeness (QED) is 0.504. The summed E-state index contributed by atoms with van der Waals surface area (Å²) >= 11 is 1.38. The Hall–Kier alpha value is -3.20. The number of hydrogen-bond acceptors (Lipinski definition) is 6. The number of carbonyl (C=O) groups is 3. The molecule has 1 fully saturated rings. The van der Waals surface area contributed by atoms with E-state index in [4.69, 9.17) is 9.47 Å². The van der Waals surface area contributed by atoms with Crippen molar-refractivity contribution in [2.45, 2.75) is 18.2 Å². The number of thioether (sulfide) groups is 1. The molecular weight excluding hydrogens is 418 g/mol. The second-order valence-electron chi connectivity index (χ2n) is 7.08. The van der Waals surface area contributed by atoms with Gasteiger partial charge in [-0.2, -0.15) is 0 Å². The largest absolute Gasteiger partial charge is 0.497 e. The van der Waals surface area contributed by atoms with E-state index in [1.807, 2.05) is 31.2 Å². The number of aryl methyl sites for hydroxylation is 1. The number of methoxy groups -OCH3 is 2. The van der Waals surface area contributed by atoms with Gasteiger partial charge in [-0.05, 0) is 31.2 Å². The van der Waals surface area contributed by atoms with Crippen molar-refractivity contribution in [1.29, 1.82) is 0 Å². The average Bonchev–Trinajstić information content (AvgIpc) is 3.17. The van der Waals surface area contributed by atoms with Crippen LogP contribution < -0.4 is 25.2 Å². The molecule has 3 amide bonds. The van der Waals surface area contributed by atoms with Gasteiger partial charge in [-0.15, -0.1) is 11.8 Å². The van der Waals surface area contributed by atoms with E-state index in [-0.39, 0.29) is 30.5 Å². The topological polar surface area (TPSA) is 97.0 Å². The maximum Gasteiger partial charge on any atom is 0.248 e. The molecule has 0 spiro atoms. The van der Waals surface area contributed by atoms with Crippen LogP contribution in [0.25, 0.3) is 0 Å². The molecule has 2 N–H and O–H groups in total. The van der Waals surface area contributed by atoms with Gasteiger partial charge in [0.1, 0.15) is 11.5 Å². The van der Waals surface area contributed by atoms with Gasteiger partial charge in [-0.1, -0.05) is 17.7 Å². The molecule has 0 saturated carbocycles. The highest BCUT2D eigenvalue weighted by Gasteiger charge is 2.36. The summed E-state index contributed by atoms with van der Waals surface area (Å²) in [5.74, 6) is -0.242. The second-order valence-corrected chi connectivity index (χ2v) is 8.13. The van der Waals surface area contributed by atoms with Crippen LogP contribution in [0, 0.1) is 12.8 Å².